The van der Waals surface area contributed by atoms with Crippen LogP contribution in [0.15, 0.2) is 0 Å². The second-order valence-corrected chi connectivity index (χ2v) is 4.92. The molecular formula is C10H17N3S. The molecule has 14 heavy (non-hydrogen) atoms. The fourth-order valence-electron chi connectivity index (χ4n) is 2.44. The summed E-state index contributed by atoms with van der Waals surface area (Å²) in [6.07, 6.45) is 6.47. The van der Waals surface area contributed by atoms with Crippen LogP contribution in [0.3, 0.4) is 0 Å². The van der Waals surface area contributed by atoms with E-state index in [4.69, 9.17) is 12.2 Å². The van der Waals surface area contributed by atoms with Crippen molar-refractivity contribution in [2.24, 2.45) is 7.05 Å². The van der Waals surface area contributed by atoms with E-state index in [0.29, 0.717) is 0 Å². The van der Waals surface area contributed by atoms with Crippen LogP contribution < -0.4 is 0 Å². The van der Waals surface area contributed by atoms with Crippen LogP contribution in [0.1, 0.15) is 44.9 Å². The Labute approximate surface area is 89.5 Å². The van der Waals surface area contributed by atoms with E-state index >= 15 is 0 Å². The molecule has 3 nitrogen and oxygen atoms in total. The van der Waals surface area contributed by atoms with Crippen molar-refractivity contribution < 1.29 is 0 Å². The van der Waals surface area contributed by atoms with E-state index in [1.165, 1.54) is 32.1 Å². The number of hydrogen-bond donors (Lipinski definition) is 1. The number of aromatic amines is 1. The summed E-state index contributed by atoms with van der Waals surface area (Å²) in [5, 5.41) is 7.23. The lowest BCUT2D eigenvalue weighted by Gasteiger charge is -2.32. The smallest absolute Gasteiger partial charge is 0.194 e. The summed E-state index contributed by atoms with van der Waals surface area (Å²) in [6.45, 7) is 2.30. The maximum atomic E-state index is 5.14. The predicted octanol–water partition coefficient (Wildman–Crippen LogP) is 2.70. The molecule has 0 saturated heterocycles. The van der Waals surface area contributed by atoms with Gasteiger partial charge in [-0.2, -0.15) is 5.10 Å². The maximum Gasteiger partial charge on any atom is 0.194 e. The van der Waals surface area contributed by atoms with Gasteiger partial charge in [-0.15, -0.1) is 0 Å². The Hall–Kier alpha value is -0.640. The van der Waals surface area contributed by atoms with E-state index in [1.54, 1.807) is 0 Å². The van der Waals surface area contributed by atoms with Crippen molar-refractivity contribution in [2.45, 2.75) is 44.4 Å². The van der Waals surface area contributed by atoms with Gasteiger partial charge in [0.2, 0.25) is 0 Å². The Morgan fingerprint density at radius 2 is 2.00 bits per heavy atom. The van der Waals surface area contributed by atoms with E-state index in [-0.39, 0.29) is 5.41 Å². The number of hydrogen-bond acceptors (Lipinski definition) is 2. The maximum absolute atomic E-state index is 5.14. The number of aromatic nitrogens is 3. The molecule has 1 aromatic rings. The minimum atomic E-state index is 0.237. The number of rotatable bonds is 1. The van der Waals surface area contributed by atoms with Gasteiger partial charge >= 0.3 is 0 Å². The van der Waals surface area contributed by atoms with E-state index in [9.17, 15) is 0 Å². The topological polar surface area (TPSA) is 33.6 Å². The van der Waals surface area contributed by atoms with Crippen LogP contribution in [0.4, 0.5) is 0 Å². The molecule has 1 fully saturated rings. The van der Waals surface area contributed by atoms with E-state index < -0.39 is 0 Å². The second-order valence-electron chi connectivity index (χ2n) is 4.53. The third kappa shape index (κ3) is 1.52. The van der Waals surface area contributed by atoms with Crippen LogP contribution in [0.2, 0.25) is 0 Å². The van der Waals surface area contributed by atoms with Crippen LogP contribution in [0.5, 0.6) is 0 Å². The standard InChI is InChI=1S/C10H17N3S/c1-10(6-4-3-5-7-10)8-11-12-9(14)13(8)2/h3-7H2,1-2H3,(H,12,14). The number of H-pyrrole nitrogens is 1. The minimum absolute atomic E-state index is 0.237. The molecule has 0 unspecified atom stereocenters. The Morgan fingerprint density at radius 1 is 1.36 bits per heavy atom. The Bertz CT molecular complexity index is 371. The van der Waals surface area contributed by atoms with Crippen LogP contribution in [-0.4, -0.2) is 14.8 Å². The molecule has 0 radical (unpaired) electrons. The zero-order valence-electron chi connectivity index (χ0n) is 8.84. The lowest BCUT2D eigenvalue weighted by atomic mass is 9.75. The van der Waals surface area contributed by atoms with Gasteiger partial charge in [-0.25, -0.2) is 0 Å². The van der Waals surface area contributed by atoms with Gasteiger partial charge in [0.15, 0.2) is 4.77 Å². The Balaban J connectivity index is 2.37. The molecule has 0 aliphatic heterocycles. The highest BCUT2D eigenvalue weighted by molar-refractivity contribution is 7.71. The average molecular weight is 211 g/mol. The SMILES string of the molecule is Cn1c(C2(C)CCCCC2)n[nH]c1=S. The molecule has 0 atom stereocenters. The lowest BCUT2D eigenvalue weighted by Crippen LogP contribution is -2.28. The van der Waals surface area contributed by atoms with Gasteiger partial charge in [0.05, 0.1) is 0 Å². The first kappa shape index (κ1) is 9.90. The summed E-state index contributed by atoms with van der Waals surface area (Å²) < 4.78 is 2.74. The van der Waals surface area contributed by atoms with Gasteiger partial charge in [-0.1, -0.05) is 26.2 Å². The molecule has 1 aliphatic carbocycles. The van der Waals surface area contributed by atoms with Gasteiger partial charge in [-0.3, -0.25) is 5.10 Å². The molecule has 0 amide bonds. The van der Waals surface area contributed by atoms with Crippen molar-refractivity contribution in [3.63, 3.8) is 0 Å². The van der Waals surface area contributed by atoms with E-state index in [0.717, 1.165) is 10.6 Å². The van der Waals surface area contributed by atoms with Gasteiger partial charge < -0.3 is 4.57 Å². The molecule has 0 spiro atoms. The summed E-state index contributed by atoms with van der Waals surface area (Å²) in [5.74, 6) is 1.13. The van der Waals surface area contributed by atoms with Crippen LogP contribution in [0, 0.1) is 4.77 Å². The fraction of sp³-hybridized carbons (Fsp3) is 0.800. The molecule has 1 aromatic heterocycles. The third-order valence-electron chi connectivity index (χ3n) is 3.38. The molecule has 4 heteroatoms. The molecule has 0 bridgehead atoms. The van der Waals surface area contributed by atoms with Crippen molar-refractivity contribution in [3.8, 4) is 0 Å². The van der Waals surface area contributed by atoms with Gasteiger partial charge in [0, 0.05) is 12.5 Å². The summed E-state index contributed by atoms with van der Waals surface area (Å²) in [6, 6.07) is 0. The van der Waals surface area contributed by atoms with Crippen molar-refractivity contribution in [3.05, 3.63) is 10.6 Å². The van der Waals surface area contributed by atoms with E-state index in [1.807, 2.05) is 11.6 Å². The average Bonchev–Trinajstić information content (AvgIpc) is 2.49. The monoisotopic (exact) mass is 211 g/mol. The first-order valence-corrected chi connectivity index (χ1v) is 5.66. The van der Waals surface area contributed by atoms with Crippen LogP contribution in [-0.2, 0) is 12.5 Å². The number of nitrogens with one attached hydrogen (secondary N) is 1. The van der Waals surface area contributed by atoms with E-state index in [2.05, 4.69) is 17.1 Å². The Morgan fingerprint density at radius 3 is 2.50 bits per heavy atom. The number of nitrogens with zero attached hydrogens (tertiary/aromatic N) is 2. The molecule has 2 rings (SSSR count). The van der Waals surface area contributed by atoms with Gasteiger partial charge in [0.1, 0.15) is 5.82 Å². The van der Waals surface area contributed by atoms with Gasteiger partial charge in [0.25, 0.3) is 0 Å². The van der Waals surface area contributed by atoms with Crippen molar-refractivity contribution in [2.75, 3.05) is 0 Å². The zero-order valence-corrected chi connectivity index (χ0v) is 9.65. The first-order chi connectivity index (χ1) is 6.63. The third-order valence-corrected chi connectivity index (χ3v) is 3.74. The molecule has 1 heterocycles. The van der Waals surface area contributed by atoms with Crippen molar-refractivity contribution >= 4 is 12.2 Å². The van der Waals surface area contributed by atoms with Crippen LogP contribution >= 0.6 is 12.2 Å². The Kier molecular flexibility index (Phi) is 2.47. The highest BCUT2D eigenvalue weighted by Gasteiger charge is 2.32. The highest BCUT2D eigenvalue weighted by Crippen LogP contribution is 2.37. The molecule has 78 valence electrons. The van der Waals surface area contributed by atoms with Crippen molar-refractivity contribution in [1.82, 2.24) is 14.8 Å². The minimum Gasteiger partial charge on any atom is -0.307 e. The molecular weight excluding hydrogens is 194 g/mol. The summed E-state index contributed by atoms with van der Waals surface area (Å²) >= 11 is 5.14. The molecule has 1 aliphatic rings. The summed E-state index contributed by atoms with van der Waals surface area (Å²) in [7, 11) is 2.00. The highest BCUT2D eigenvalue weighted by atomic mass is 32.1. The summed E-state index contributed by atoms with van der Waals surface area (Å²) in [5.41, 5.74) is 0.237. The van der Waals surface area contributed by atoms with Crippen molar-refractivity contribution in [1.29, 1.82) is 0 Å². The molecule has 0 aromatic carbocycles. The zero-order chi connectivity index (χ0) is 10.2. The predicted molar refractivity (Wildman–Crippen MR) is 58.8 cm³/mol. The largest absolute Gasteiger partial charge is 0.307 e. The second kappa shape index (κ2) is 3.50. The lowest BCUT2D eigenvalue weighted by molar-refractivity contribution is 0.297. The first-order valence-electron chi connectivity index (χ1n) is 5.25. The summed E-state index contributed by atoms with van der Waals surface area (Å²) in [4.78, 5) is 0. The van der Waals surface area contributed by atoms with Crippen LogP contribution in [0.25, 0.3) is 0 Å². The molecule has 1 saturated carbocycles. The molecule has 1 N–H and O–H groups in total. The normalized spacial score (nSPS) is 21.0. The fourth-order valence-corrected chi connectivity index (χ4v) is 2.57. The quantitative estimate of drug-likeness (QED) is 0.725. The van der Waals surface area contributed by atoms with Gasteiger partial charge in [-0.05, 0) is 25.1 Å².